The SMILES string of the molecule is COc1cc(OC)nc(NC(=O)NC(C(=O)O)C2CC2)n1. The molecule has 1 aromatic heterocycles. The summed E-state index contributed by atoms with van der Waals surface area (Å²) in [6.07, 6.45) is 1.58. The molecule has 1 saturated carbocycles. The number of rotatable bonds is 6. The molecule has 2 amide bonds. The fraction of sp³-hybridized carbons (Fsp3) is 0.500. The highest BCUT2D eigenvalue weighted by molar-refractivity contribution is 5.91. The number of hydrogen-bond acceptors (Lipinski definition) is 6. The van der Waals surface area contributed by atoms with E-state index in [-0.39, 0.29) is 23.6 Å². The van der Waals surface area contributed by atoms with Gasteiger partial charge < -0.3 is 19.9 Å². The number of amides is 2. The predicted molar refractivity (Wildman–Crippen MR) is 71.4 cm³/mol. The van der Waals surface area contributed by atoms with Gasteiger partial charge in [0.25, 0.3) is 0 Å². The summed E-state index contributed by atoms with van der Waals surface area (Å²) in [5.41, 5.74) is 0. The number of carboxylic acids is 1. The van der Waals surface area contributed by atoms with Crippen LogP contribution in [0.1, 0.15) is 12.8 Å². The van der Waals surface area contributed by atoms with Crippen molar-refractivity contribution in [2.45, 2.75) is 18.9 Å². The smallest absolute Gasteiger partial charge is 0.326 e. The Hall–Kier alpha value is -2.58. The summed E-state index contributed by atoms with van der Waals surface area (Å²) in [4.78, 5) is 30.7. The van der Waals surface area contributed by atoms with E-state index in [4.69, 9.17) is 14.6 Å². The summed E-state index contributed by atoms with van der Waals surface area (Å²) >= 11 is 0. The van der Waals surface area contributed by atoms with Crippen LogP contribution in [0.2, 0.25) is 0 Å². The average molecular weight is 296 g/mol. The van der Waals surface area contributed by atoms with Crippen LogP contribution >= 0.6 is 0 Å². The number of urea groups is 1. The first-order valence-corrected chi connectivity index (χ1v) is 6.31. The molecule has 9 nitrogen and oxygen atoms in total. The molecular formula is C12H16N4O5. The molecule has 0 aromatic carbocycles. The Balaban J connectivity index is 2.03. The number of carbonyl (C=O) groups excluding carboxylic acids is 1. The van der Waals surface area contributed by atoms with Crippen LogP contribution in [0.3, 0.4) is 0 Å². The summed E-state index contributed by atoms with van der Waals surface area (Å²) in [5, 5.41) is 13.8. The first-order chi connectivity index (χ1) is 10.0. The molecule has 1 aromatic rings. The van der Waals surface area contributed by atoms with Gasteiger partial charge >= 0.3 is 12.0 Å². The molecule has 9 heteroatoms. The zero-order chi connectivity index (χ0) is 15.4. The lowest BCUT2D eigenvalue weighted by atomic mass is 10.2. The lowest BCUT2D eigenvalue weighted by Gasteiger charge is -2.14. The van der Waals surface area contributed by atoms with Gasteiger partial charge in [-0.15, -0.1) is 0 Å². The van der Waals surface area contributed by atoms with E-state index in [1.165, 1.54) is 20.3 Å². The Kier molecular flexibility index (Phi) is 4.41. The maximum Gasteiger partial charge on any atom is 0.326 e. The number of aromatic nitrogens is 2. The molecule has 1 fully saturated rings. The first-order valence-electron chi connectivity index (χ1n) is 6.31. The molecule has 0 saturated heterocycles. The predicted octanol–water partition coefficient (Wildman–Crippen LogP) is 0.478. The summed E-state index contributed by atoms with van der Waals surface area (Å²) < 4.78 is 9.90. The molecule has 21 heavy (non-hydrogen) atoms. The van der Waals surface area contributed by atoms with E-state index in [0.29, 0.717) is 0 Å². The van der Waals surface area contributed by atoms with Gasteiger partial charge in [0.1, 0.15) is 6.04 Å². The van der Waals surface area contributed by atoms with E-state index >= 15 is 0 Å². The van der Waals surface area contributed by atoms with Crippen molar-refractivity contribution in [1.82, 2.24) is 15.3 Å². The number of carboxylic acid groups (broad SMARTS) is 1. The van der Waals surface area contributed by atoms with Crippen molar-refractivity contribution in [2.75, 3.05) is 19.5 Å². The topological polar surface area (TPSA) is 123 Å². The minimum atomic E-state index is -1.06. The summed E-state index contributed by atoms with van der Waals surface area (Å²) in [5.74, 6) is -0.683. The Labute approximate surface area is 120 Å². The Morgan fingerprint density at radius 2 is 1.86 bits per heavy atom. The molecule has 0 bridgehead atoms. The van der Waals surface area contributed by atoms with Crippen LogP contribution in [0.5, 0.6) is 11.8 Å². The standard InChI is InChI=1S/C12H16N4O5/c1-20-7-5-8(21-2)14-11(13-7)16-12(19)15-9(10(17)18)6-3-4-6/h5-6,9H,3-4H2,1-2H3,(H,17,18)(H2,13,14,15,16,19). The van der Waals surface area contributed by atoms with Crippen LogP contribution in [-0.2, 0) is 4.79 Å². The summed E-state index contributed by atoms with van der Waals surface area (Å²) in [6, 6.07) is -0.144. The van der Waals surface area contributed by atoms with Gasteiger partial charge in [-0.05, 0) is 18.8 Å². The van der Waals surface area contributed by atoms with Gasteiger partial charge in [0, 0.05) is 0 Å². The minimum absolute atomic E-state index is 0.0194. The van der Waals surface area contributed by atoms with Crippen LogP contribution in [-0.4, -0.2) is 47.3 Å². The molecule has 1 heterocycles. The zero-order valence-corrected chi connectivity index (χ0v) is 11.6. The van der Waals surface area contributed by atoms with E-state index in [1.54, 1.807) is 0 Å². The van der Waals surface area contributed by atoms with Crippen molar-refractivity contribution < 1.29 is 24.2 Å². The van der Waals surface area contributed by atoms with Gasteiger partial charge in [-0.1, -0.05) is 0 Å². The Morgan fingerprint density at radius 3 is 2.29 bits per heavy atom. The maximum atomic E-state index is 11.8. The third-order valence-electron chi connectivity index (χ3n) is 2.97. The van der Waals surface area contributed by atoms with E-state index < -0.39 is 18.0 Å². The van der Waals surface area contributed by atoms with Crippen molar-refractivity contribution in [3.8, 4) is 11.8 Å². The third kappa shape index (κ3) is 3.94. The number of carbonyl (C=O) groups is 2. The summed E-state index contributed by atoms with van der Waals surface area (Å²) in [7, 11) is 2.83. The second-order valence-corrected chi connectivity index (χ2v) is 4.53. The number of ether oxygens (including phenoxy) is 2. The Bertz CT molecular complexity index is 524. The number of anilines is 1. The molecule has 1 aliphatic rings. The van der Waals surface area contributed by atoms with Crippen molar-refractivity contribution in [1.29, 1.82) is 0 Å². The van der Waals surface area contributed by atoms with Crippen LogP contribution in [0.4, 0.5) is 10.7 Å². The Morgan fingerprint density at radius 1 is 1.29 bits per heavy atom. The molecule has 114 valence electrons. The van der Waals surface area contributed by atoms with E-state index in [9.17, 15) is 9.59 Å². The molecule has 3 N–H and O–H groups in total. The van der Waals surface area contributed by atoms with Gasteiger partial charge in [-0.2, -0.15) is 9.97 Å². The zero-order valence-electron chi connectivity index (χ0n) is 11.6. The molecule has 0 radical (unpaired) electrons. The van der Waals surface area contributed by atoms with Crippen molar-refractivity contribution >= 4 is 17.9 Å². The summed E-state index contributed by atoms with van der Waals surface area (Å²) in [6.45, 7) is 0. The highest BCUT2D eigenvalue weighted by Crippen LogP contribution is 2.32. The number of nitrogens with zero attached hydrogens (tertiary/aromatic N) is 2. The van der Waals surface area contributed by atoms with Crippen molar-refractivity contribution in [3.63, 3.8) is 0 Å². The van der Waals surface area contributed by atoms with Gasteiger partial charge in [0.2, 0.25) is 17.7 Å². The minimum Gasteiger partial charge on any atom is -0.481 e. The largest absolute Gasteiger partial charge is 0.481 e. The van der Waals surface area contributed by atoms with Crippen molar-refractivity contribution in [2.24, 2.45) is 5.92 Å². The fourth-order valence-electron chi connectivity index (χ4n) is 1.76. The molecular weight excluding hydrogens is 280 g/mol. The molecule has 1 unspecified atom stereocenters. The maximum absolute atomic E-state index is 11.8. The van der Waals surface area contributed by atoms with E-state index in [1.807, 2.05) is 0 Å². The van der Waals surface area contributed by atoms with Crippen LogP contribution in [0.25, 0.3) is 0 Å². The van der Waals surface area contributed by atoms with Gasteiger partial charge in [0.15, 0.2) is 0 Å². The number of hydrogen-bond donors (Lipinski definition) is 3. The van der Waals surface area contributed by atoms with Crippen LogP contribution in [0, 0.1) is 5.92 Å². The molecule has 2 rings (SSSR count). The second kappa shape index (κ2) is 6.25. The number of nitrogens with one attached hydrogen (secondary N) is 2. The number of methoxy groups -OCH3 is 2. The highest BCUT2D eigenvalue weighted by atomic mass is 16.5. The van der Waals surface area contributed by atoms with E-state index in [2.05, 4.69) is 20.6 Å². The molecule has 1 aliphatic carbocycles. The average Bonchev–Trinajstić information content (AvgIpc) is 3.28. The number of aliphatic carboxylic acids is 1. The lowest BCUT2D eigenvalue weighted by Crippen LogP contribution is -2.44. The first kappa shape index (κ1) is 14.8. The van der Waals surface area contributed by atoms with Gasteiger partial charge in [-0.25, -0.2) is 9.59 Å². The van der Waals surface area contributed by atoms with Crippen molar-refractivity contribution in [3.05, 3.63) is 6.07 Å². The highest BCUT2D eigenvalue weighted by Gasteiger charge is 2.37. The van der Waals surface area contributed by atoms with Gasteiger partial charge in [-0.3, -0.25) is 5.32 Å². The van der Waals surface area contributed by atoms with Crippen LogP contribution in [0.15, 0.2) is 6.07 Å². The fourth-order valence-corrected chi connectivity index (χ4v) is 1.76. The normalized spacial score (nSPS) is 15.0. The quantitative estimate of drug-likeness (QED) is 0.697. The molecule has 1 atom stereocenters. The third-order valence-corrected chi connectivity index (χ3v) is 2.97. The molecule has 0 aliphatic heterocycles. The second-order valence-electron chi connectivity index (χ2n) is 4.53. The molecule has 0 spiro atoms. The lowest BCUT2D eigenvalue weighted by molar-refractivity contribution is -0.139. The monoisotopic (exact) mass is 296 g/mol. The van der Waals surface area contributed by atoms with E-state index in [0.717, 1.165) is 12.8 Å². The van der Waals surface area contributed by atoms with Gasteiger partial charge in [0.05, 0.1) is 20.3 Å². The van der Waals surface area contributed by atoms with Crippen LogP contribution < -0.4 is 20.1 Å².